The lowest BCUT2D eigenvalue weighted by Crippen LogP contribution is -2.10. The molecular weight excluding hydrogens is 244 g/mol. The van der Waals surface area contributed by atoms with Crippen LogP contribution in [0, 0.1) is 6.92 Å². The largest absolute Gasteiger partial charge is 0.464 e. The van der Waals surface area contributed by atoms with Gasteiger partial charge >= 0.3 is 5.97 Å². The highest BCUT2D eigenvalue weighted by atomic mass is 16.5. The summed E-state index contributed by atoms with van der Waals surface area (Å²) in [5, 5.41) is 7.91. The first kappa shape index (κ1) is 13.2. The van der Waals surface area contributed by atoms with E-state index < -0.39 is 5.97 Å². The van der Waals surface area contributed by atoms with Gasteiger partial charge in [-0.15, -0.1) is 5.10 Å². The molecule has 2 aromatic heterocycles. The van der Waals surface area contributed by atoms with Crippen LogP contribution in [0.3, 0.4) is 0 Å². The Hall–Kier alpha value is -2.24. The highest BCUT2D eigenvalue weighted by Crippen LogP contribution is 2.11. The molecule has 0 aliphatic rings. The predicted molar refractivity (Wildman–Crippen MR) is 68.8 cm³/mol. The molecule has 100 valence electrons. The minimum absolute atomic E-state index is 0.283. The van der Waals surface area contributed by atoms with Crippen LogP contribution in [0.15, 0.2) is 18.5 Å². The molecule has 6 heteroatoms. The van der Waals surface area contributed by atoms with E-state index in [9.17, 15) is 4.79 Å². The van der Waals surface area contributed by atoms with E-state index in [0.29, 0.717) is 13.0 Å². The first-order chi connectivity index (χ1) is 9.15. The molecule has 0 spiro atoms. The Morgan fingerprint density at radius 2 is 2.21 bits per heavy atom. The first-order valence-corrected chi connectivity index (χ1v) is 6.07. The topological polar surface area (TPSA) is 69.9 Å². The number of aryl methyl sites for hydroxylation is 1. The number of rotatable bonds is 4. The van der Waals surface area contributed by atoms with Gasteiger partial charge < -0.3 is 4.74 Å². The van der Waals surface area contributed by atoms with E-state index in [0.717, 1.165) is 16.8 Å². The Morgan fingerprint density at radius 1 is 1.42 bits per heavy atom. The SMILES string of the molecule is CCc1c(C(=O)OC)nnn1Cc1cncc(C)c1. The van der Waals surface area contributed by atoms with Crippen LogP contribution < -0.4 is 0 Å². The summed E-state index contributed by atoms with van der Waals surface area (Å²) in [7, 11) is 1.34. The third-order valence-corrected chi connectivity index (χ3v) is 2.82. The molecule has 0 atom stereocenters. The average Bonchev–Trinajstić information content (AvgIpc) is 2.80. The fourth-order valence-corrected chi connectivity index (χ4v) is 1.94. The van der Waals surface area contributed by atoms with Crippen LogP contribution in [0.1, 0.15) is 34.2 Å². The van der Waals surface area contributed by atoms with E-state index in [2.05, 4.69) is 15.3 Å². The molecule has 0 saturated carbocycles. The molecule has 0 amide bonds. The minimum atomic E-state index is -0.453. The van der Waals surface area contributed by atoms with E-state index in [4.69, 9.17) is 4.74 Å². The van der Waals surface area contributed by atoms with Gasteiger partial charge in [-0.25, -0.2) is 9.48 Å². The van der Waals surface area contributed by atoms with E-state index in [1.807, 2.05) is 19.9 Å². The lowest BCUT2D eigenvalue weighted by Gasteiger charge is -2.06. The molecule has 0 aliphatic heterocycles. The van der Waals surface area contributed by atoms with Crippen molar-refractivity contribution in [1.82, 2.24) is 20.0 Å². The van der Waals surface area contributed by atoms with Crippen molar-refractivity contribution in [2.24, 2.45) is 0 Å². The van der Waals surface area contributed by atoms with Crippen molar-refractivity contribution in [2.45, 2.75) is 26.8 Å². The summed E-state index contributed by atoms with van der Waals surface area (Å²) >= 11 is 0. The van der Waals surface area contributed by atoms with Crippen molar-refractivity contribution < 1.29 is 9.53 Å². The molecule has 2 aromatic rings. The molecule has 0 unspecified atom stereocenters. The smallest absolute Gasteiger partial charge is 0.360 e. The molecule has 0 N–H and O–H groups in total. The Morgan fingerprint density at radius 3 is 2.84 bits per heavy atom. The molecule has 0 aliphatic carbocycles. The number of aromatic nitrogens is 4. The molecule has 2 rings (SSSR count). The summed E-state index contributed by atoms with van der Waals surface area (Å²) in [6.45, 7) is 4.48. The van der Waals surface area contributed by atoms with Gasteiger partial charge in [-0.1, -0.05) is 18.2 Å². The number of esters is 1. The third kappa shape index (κ3) is 2.78. The molecule has 19 heavy (non-hydrogen) atoms. The summed E-state index contributed by atoms with van der Waals surface area (Å²) in [4.78, 5) is 15.7. The van der Waals surface area contributed by atoms with Gasteiger partial charge in [0, 0.05) is 12.4 Å². The van der Waals surface area contributed by atoms with Crippen LogP contribution in [-0.4, -0.2) is 33.1 Å². The summed E-state index contributed by atoms with van der Waals surface area (Å²) in [5.41, 5.74) is 3.17. The van der Waals surface area contributed by atoms with Gasteiger partial charge in [0.25, 0.3) is 0 Å². The number of methoxy groups -OCH3 is 1. The summed E-state index contributed by atoms with van der Waals surface area (Å²) in [6.07, 6.45) is 4.24. The fourth-order valence-electron chi connectivity index (χ4n) is 1.94. The number of nitrogens with zero attached hydrogens (tertiary/aromatic N) is 4. The van der Waals surface area contributed by atoms with Crippen molar-refractivity contribution in [3.05, 3.63) is 41.0 Å². The predicted octanol–water partition coefficient (Wildman–Crippen LogP) is 1.38. The van der Waals surface area contributed by atoms with Gasteiger partial charge in [-0.05, 0) is 24.5 Å². The van der Waals surface area contributed by atoms with Crippen LogP contribution in [0.5, 0.6) is 0 Å². The van der Waals surface area contributed by atoms with E-state index in [1.54, 1.807) is 17.1 Å². The fraction of sp³-hybridized carbons (Fsp3) is 0.385. The molecule has 0 aromatic carbocycles. The molecule has 0 saturated heterocycles. The summed E-state index contributed by atoms with van der Waals surface area (Å²) in [6, 6.07) is 2.03. The second-order valence-corrected chi connectivity index (χ2v) is 4.26. The molecule has 0 radical (unpaired) electrons. The van der Waals surface area contributed by atoms with Crippen LogP contribution >= 0.6 is 0 Å². The van der Waals surface area contributed by atoms with Crippen LogP contribution in [0.25, 0.3) is 0 Å². The van der Waals surface area contributed by atoms with Gasteiger partial charge in [-0.2, -0.15) is 0 Å². The average molecular weight is 260 g/mol. The Bertz CT molecular complexity index is 592. The minimum Gasteiger partial charge on any atom is -0.464 e. The number of carbonyl (C=O) groups is 1. The highest BCUT2D eigenvalue weighted by molar-refractivity contribution is 5.88. The number of ether oxygens (including phenoxy) is 1. The quantitative estimate of drug-likeness (QED) is 0.777. The van der Waals surface area contributed by atoms with Crippen LogP contribution in [0.4, 0.5) is 0 Å². The highest BCUT2D eigenvalue weighted by Gasteiger charge is 2.18. The molecule has 0 bridgehead atoms. The van der Waals surface area contributed by atoms with Gasteiger partial charge in [-0.3, -0.25) is 4.98 Å². The Balaban J connectivity index is 2.30. The zero-order valence-corrected chi connectivity index (χ0v) is 11.3. The number of carbonyl (C=O) groups excluding carboxylic acids is 1. The number of hydrogen-bond donors (Lipinski definition) is 0. The first-order valence-electron chi connectivity index (χ1n) is 6.07. The van der Waals surface area contributed by atoms with E-state index >= 15 is 0 Å². The van der Waals surface area contributed by atoms with E-state index in [1.165, 1.54) is 7.11 Å². The van der Waals surface area contributed by atoms with E-state index in [-0.39, 0.29) is 5.69 Å². The number of hydrogen-bond acceptors (Lipinski definition) is 5. The maximum atomic E-state index is 11.6. The summed E-state index contributed by atoms with van der Waals surface area (Å²) in [5.74, 6) is -0.453. The van der Waals surface area contributed by atoms with Gasteiger partial charge in [0.05, 0.1) is 19.3 Å². The second-order valence-electron chi connectivity index (χ2n) is 4.26. The van der Waals surface area contributed by atoms with Crippen molar-refractivity contribution in [1.29, 1.82) is 0 Å². The molecule has 6 nitrogen and oxygen atoms in total. The van der Waals surface area contributed by atoms with Gasteiger partial charge in [0.15, 0.2) is 5.69 Å². The Labute approximate surface area is 111 Å². The van der Waals surface area contributed by atoms with Gasteiger partial charge in [0.1, 0.15) is 0 Å². The second kappa shape index (κ2) is 5.60. The normalized spacial score (nSPS) is 10.5. The zero-order valence-electron chi connectivity index (χ0n) is 11.3. The van der Waals surface area contributed by atoms with Crippen molar-refractivity contribution in [2.75, 3.05) is 7.11 Å². The van der Waals surface area contributed by atoms with Crippen molar-refractivity contribution in [3.8, 4) is 0 Å². The monoisotopic (exact) mass is 260 g/mol. The molecule has 2 heterocycles. The molecular formula is C13H16N4O2. The lowest BCUT2D eigenvalue weighted by molar-refractivity contribution is 0.0592. The lowest BCUT2D eigenvalue weighted by atomic mass is 10.2. The maximum Gasteiger partial charge on any atom is 0.360 e. The van der Waals surface area contributed by atoms with Gasteiger partial charge in [0.2, 0.25) is 0 Å². The zero-order chi connectivity index (χ0) is 13.8. The van der Waals surface area contributed by atoms with Crippen LogP contribution in [0.2, 0.25) is 0 Å². The summed E-state index contributed by atoms with van der Waals surface area (Å²) < 4.78 is 6.41. The van der Waals surface area contributed by atoms with Crippen molar-refractivity contribution in [3.63, 3.8) is 0 Å². The Kier molecular flexibility index (Phi) is 3.89. The molecule has 0 fully saturated rings. The van der Waals surface area contributed by atoms with Crippen molar-refractivity contribution >= 4 is 5.97 Å². The number of pyridine rings is 1. The van der Waals surface area contributed by atoms with Crippen LogP contribution in [-0.2, 0) is 17.7 Å². The maximum absolute atomic E-state index is 11.6. The standard InChI is InChI=1S/C13H16N4O2/c1-4-11-12(13(18)19-3)15-16-17(11)8-10-5-9(2)6-14-7-10/h5-7H,4,8H2,1-3H3. The third-order valence-electron chi connectivity index (χ3n) is 2.82.